The molecule has 9 heteroatoms. The lowest BCUT2D eigenvalue weighted by Gasteiger charge is -2.17. The second-order valence-corrected chi connectivity index (χ2v) is 6.55. The van der Waals surface area contributed by atoms with Crippen molar-refractivity contribution in [3.63, 3.8) is 0 Å². The number of para-hydroxylation sites is 3. The zero-order valence-electron chi connectivity index (χ0n) is 15.1. The fourth-order valence-electron chi connectivity index (χ4n) is 2.56. The van der Waals surface area contributed by atoms with Crippen molar-refractivity contribution in [2.24, 2.45) is 0 Å². The zero-order valence-corrected chi connectivity index (χ0v) is 15.8. The van der Waals surface area contributed by atoms with E-state index in [1.807, 2.05) is 94.4 Å². The van der Waals surface area contributed by atoms with Gasteiger partial charge in [0, 0.05) is 5.10 Å². The average molecular weight is 413 g/mol. The minimum absolute atomic E-state index is 0.760. The number of rotatable bonds is 4. The first-order valence-electron chi connectivity index (χ1n) is 8.46. The summed E-state index contributed by atoms with van der Waals surface area (Å²) in [5.41, 5.74) is 3.07. The molecule has 1 N–H and O–H groups in total. The van der Waals surface area contributed by atoms with Crippen molar-refractivity contribution in [3.8, 4) is 11.4 Å². The normalized spacial score (nSPS) is 10.8. The number of anilines is 2. The largest absolute Gasteiger partial charge is 0.387 e. The average Bonchev–Trinajstić information content (AvgIpc) is 3.13. The van der Waals surface area contributed by atoms with Gasteiger partial charge in [-0.15, -0.1) is 14.9 Å². The van der Waals surface area contributed by atoms with Gasteiger partial charge < -0.3 is 0 Å². The molecular formula is C20H17ClN4O4. The predicted molar refractivity (Wildman–Crippen MR) is 94.8 cm³/mol. The number of hydrogen-bond acceptors (Lipinski definition) is 6. The molecule has 4 aromatic rings. The first-order valence-corrected chi connectivity index (χ1v) is 9.69. The molecule has 1 heterocycles. The van der Waals surface area contributed by atoms with Crippen LogP contribution in [0.5, 0.6) is 0 Å². The summed E-state index contributed by atoms with van der Waals surface area (Å²) in [6.07, 6.45) is 1.98. The molecule has 0 fully saturated rings. The molecule has 148 valence electrons. The third-order valence-electron chi connectivity index (χ3n) is 3.74. The highest BCUT2D eigenvalue weighted by Crippen LogP contribution is 2.14. The van der Waals surface area contributed by atoms with Gasteiger partial charge in [0.25, 0.3) is 0 Å². The SMILES string of the molecule is [O-][Cl+3]([O-])([O-])[O-].c1ccc(Nc2nn(-c3ccccc3)c[n+]2-c2ccccc2)cc1. The maximum Gasteiger partial charge on any atom is 0.387 e. The Hall–Kier alpha value is -3.27. The van der Waals surface area contributed by atoms with Crippen LogP contribution in [-0.2, 0) is 0 Å². The molecule has 0 spiro atoms. The fraction of sp³-hybridized carbons (Fsp3) is 0. The van der Waals surface area contributed by atoms with Gasteiger partial charge in [0.2, 0.25) is 6.33 Å². The van der Waals surface area contributed by atoms with Gasteiger partial charge in [0.1, 0.15) is 5.69 Å². The molecular weight excluding hydrogens is 396 g/mol. The van der Waals surface area contributed by atoms with Crippen molar-refractivity contribution in [1.82, 2.24) is 9.78 Å². The fourth-order valence-corrected chi connectivity index (χ4v) is 2.56. The van der Waals surface area contributed by atoms with Crippen molar-refractivity contribution in [3.05, 3.63) is 97.3 Å². The van der Waals surface area contributed by atoms with Crippen molar-refractivity contribution < 1.29 is 33.4 Å². The molecule has 8 nitrogen and oxygen atoms in total. The third-order valence-corrected chi connectivity index (χ3v) is 3.74. The van der Waals surface area contributed by atoms with E-state index in [4.69, 9.17) is 23.7 Å². The van der Waals surface area contributed by atoms with E-state index in [2.05, 4.69) is 17.4 Å². The summed E-state index contributed by atoms with van der Waals surface area (Å²) in [5.74, 6) is 0.760. The Bertz CT molecular complexity index is 1020. The summed E-state index contributed by atoms with van der Waals surface area (Å²) in [7, 11) is -4.94. The van der Waals surface area contributed by atoms with Gasteiger partial charge in [-0.2, -0.15) is 4.57 Å². The summed E-state index contributed by atoms with van der Waals surface area (Å²) < 4.78 is 37.9. The Labute approximate surface area is 169 Å². The van der Waals surface area contributed by atoms with Gasteiger partial charge in [-0.25, -0.2) is 18.6 Å². The van der Waals surface area contributed by atoms with Gasteiger partial charge in [-0.05, 0) is 36.4 Å². The van der Waals surface area contributed by atoms with Crippen molar-refractivity contribution in [1.29, 1.82) is 0 Å². The summed E-state index contributed by atoms with van der Waals surface area (Å²) >= 11 is 0. The Morgan fingerprint density at radius 3 is 1.76 bits per heavy atom. The summed E-state index contributed by atoms with van der Waals surface area (Å²) in [6, 6.07) is 30.3. The number of halogens is 1. The lowest BCUT2D eigenvalue weighted by molar-refractivity contribution is -2.00. The van der Waals surface area contributed by atoms with E-state index in [0.29, 0.717) is 0 Å². The van der Waals surface area contributed by atoms with Crippen LogP contribution in [0.4, 0.5) is 11.6 Å². The second kappa shape index (κ2) is 9.28. The Morgan fingerprint density at radius 2 is 1.21 bits per heavy atom. The number of nitrogens with one attached hydrogen (secondary N) is 1. The molecule has 0 aliphatic heterocycles. The summed E-state index contributed by atoms with van der Waals surface area (Å²) in [6.45, 7) is 0. The number of nitrogens with zero attached hydrogens (tertiary/aromatic N) is 3. The van der Waals surface area contributed by atoms with E-state index in [9.17, 15) is 0 Å². The van der Waals surface area contributed by atoms with E-state index in [-0.39, 0.29) is 0 Å². The highest BCUT2D eigenvalue weighted by atomic mass is 35.7. The maximum absolute atomic E-state index is 8.49. The van der Waals surface area contributed by atoms with Gasteiger partial charge >= 0.3 is 5.95 Å². The Kier molecular flexibility index (Phi) is 6.55. The molecule has 0 aliphatic rings. The molecule has 0 radical (unpaired) electrons. The molecule has 29 heavy (non-hydrogen) atoms. The van der Waals surface area contributed by atoms with Crippen molar-refractivity contribution >= 4 is 11.6 Å². The minimum Gasteiger partial charge on any atom is -0.260 e. The Morgan fingerprint density at radius 1 is 0.724 bits per heavy atom. The van der Waals surface area contributed by atoms with Crippen LogP contribution in [0.1, 0.15) is 0 Å². The first-order chi connectivity index (χ1) is 13.9. The van der Waals surface area contributed by atoms with E-state index in [1.165, 1.54) is 0 Å². The van der Waals surface area contributed by atoms with Crippen LogP contribution in [0, 0.1) is 10.2 Å². The molecule has 4 rings (SSSR count). The van der Waals surface area contributed by atoms with Crippen LogP contribution in [0.15, 0.2) is 97.3 Å². The zero-order chi connectivity index (χ0) is 20.7. The van der Waals surface area contributed by atoms with Crippen molar-refractivity contribution in [2.75, 3.05) is 5.32 Å². The molecule has 3 aromatic carbocycles. The van der Waals surface area contributed by atoms with E-state index >= 15 is 0 Å². The second-order valence-electron chi connectivity index (χ2n) is 5.79. The molecule has 1 aromatic heterocycles. The summed E-state index contributed by atoms with van der Waals surface area (Å²) in [5, 5.41) is 8.11. The topological polar surface area (TPSA) is 126 Å². The smallest absolute Gasteiger partial charge is 0.260 e. The van der Waals surface area contributed by atoms with Gasteiger partial charge in [-0.1, -0.05) is 54.6 Å². The van der Waals surface area contributed by atoms with E-state index in [0.717, 1.165) is 23.0 Å². The molecule has 0 bridgehead atoms. The van der Waals surface area contributed by atoms with Gasteiger partial charge in [0.05, 0.1) is 11.4 Å². The molecule has 0 saturated heterocycles. The van der Waals surface area contributed by atoms with Crippen LogP contribution in [0.2, 0.25) is 0 Å². The van der Waals surface area contributed by atoms with Crippen LogP contribution in [0.25, 0.3) is 11.4 Å². The lowest BCUT2D eigenvalue weighted by Crippen LogP contribution is -2.68. The van der Waals surface area contributed by atoms with Gasteiger partial charge in [0.15, 0.2) is 0 Å². The maximum atomic E-state index is 8.49. The number of aromatic nitrogens is 3. The number of hydrogen-bond donors (Lipinski definition) is 1. The quantitative estimate of drug-likeness (QED) is 0.434. The first kappa shape index (κ1) is 20.5. The highest BCUT2D eigenvalue weighted by molar-refractivity contribution is 5.51. The molecule has 0 saturated carbocycles. The monoisotopic (exact) mass is 412 g/mol. The third kappa shape index (κ3) is 6.39. The van der Waals surface area contributed by atoms with E-state index in [1.54, 1.807) is 0 Å². The van der Waals surface area contributed by atoms with Crippen LogP contribution in [-0.4, -0.2) is 9.78 Å². The minimum atomic E-state index is -4.94. The molecule has 0 unspecified atom stereocenters. The predicted octanol–water partition coefficient (Wildman–Crippen LogP) is -0.863. The molecule has 0 atom stereocenters. The Balaban J connectivity index is 0.000000431. The molecule has 0 aliphatic carbocycles. The lowest BCUT2D eigenvalue weighted by atomic mass is 10.3. The van der Waals surface area contributed by atoms with Crippen LogP contribution < -0.4 is 28.5 Å². The van der Waals surface area contributed by atoms with Crippen LogP contribution >= 0.6 is 0 Å². The molecule has 0 amide bonds. The number of benzene rings is 3. The van der Waals surface area contributed by atoms with Crippen LogP contribution in [0.3, 0.4) is 0 Å². The standard InChI is InChI=1S/C20H17N4.ClHO4/c1-4-10-17(11-5-1)21-20-22-24(19-14-8-3-9-15-19)16-23(20)18-12-6-2-7-13-18;2-1(3,4)5/h1-16H,(H,21,22);(H,2,3,4,5)/q+1;/p-1. The highest BCUT2D eigenvalue weighted by Gasteiger charge is 2.18. The van der Waals surface area contributed by atoms with Crippen molar-refractivity contribution in [2.45, 2.75) is 0 Å². The van der Waals surface area contributed by atoms with Gasteiger partial charge in [-0.3, -0.25) is 5.32 Å². The summed E-state index contributed by atoms with van der Waals surface area (Å²) in [4.78, 5) is 0. The van der Waals surface area contributed by atoms with E-state index < -0.39 is 10.2 Å².